The summed E-state index contributed by atoms with van der Waals surface area (Å²) in [6.45, 7) is 23.9. The van der Waals surface area contributed by atoms with Crippen LogP contribution in [0.15, 0.2) is 49.1 Å². The van der Waals surface area contributed by atoms with E-state index < -0.39 is 0 Å². The van der Waals surface area contributed by atoms with Crippen LogP contribution in [0.25, 0.3) is 0 Å². The lowest BCUT2D eigenvalue weighted by Crippen LogP contribution is -2.06. The highest BCUT2D eigenvalue weighted by molar-refractivity contribution is 5.45. The van der Waals surface area contributed by atoms with Crippen molar-refractivity contribution in [2.75, 3.05) is 11.9 Å². The molecule has 2 aromatic rings. The lowest BCUT2D eigenvalue weighted by molar-refractivity contribution is 0.431. The van der Waals surface area contributed by atoms with Crippen LogP contribution in [0.5, 0.6) is 0 Å². The maximum atomic E-state index is 4.79. The molecule has 2 nitrogen and oxygen atoms in total. The summed E-state index contributed by atoms with van der Waals surface area (Å²) in [5.41, 5.74) is 5.39. The molecule has 0 spiro atoms. The smallest absolute Gasteiger partial charge is 0.129 e. The minimum atomic E-state index is 0.861. The van der Waals surface area contributed by atoms with Crippen molar-refractivity contribution in [2.24, 2.45) is 5.92 Å². The number of hydrogen-bond donors (Lipinski definition) is 1. The van der Waals surface area contributed by atoms with Crippen molar-refractivity contribution in [1.82, 2.24) is 4.98 Å². The molecule has 40 heavy (non-hydrogen) atoms. The maximum Gasteiger partial charge on any atom is 0.129 e. The number of nitrogens with zero attached hydrogens (tertiary/aromatic N) is 1. The first-order chi connectivity index (χ1) is 19.4. The molecule has 0 aliphatic rings. The van der Waals surface area contributed by atoms with E-state index >= 15 is 0 Å². The number of aromatic nitrogens is 1. The van der Waals surface area contributed by atoms with Crippen LogP contribution in [0.3, 0.4) is 0 Å². The Kier molecular flexibility index (Phi) is 29.9. The van der Waals surface area contributed by atoms with Crippen LogP contribution in [0.4, 0.5) is 5.82 Å². The second kappa shape index (κ2) is 29.9. The standard InChI is InChI=1S/C17H30N2.C11H16.C7H16.C3H6/c1-5-9-14(6-2)10-12-16-13-11-15(7-3)17(19-16)18-8-4;1-3-4-5-11-8-6-10(2)7-9-11;1-3-5-7-6-4-2;1-3-2/h11,13-14H,5-10,12H2,1-4H3,(H,18,19);6-9H,3-5H2,1-2H3;3-7H2,1-2H3;3H,1H2,2H3. The highest BCUT2D eigenvalue weighted by Crippen LogP contribution is 2.20. The summed E-state index contributed by atoms with van der Waals surface area (Å²) in [4.78, 5) is 4.79. The van der Waals surface area contributed by atoms with Gasteiger partial charge in [0.05, 0.1) is 0 Å². The lowest BCUT2D eigenvalue weighted by atomic mass is 9.94. The van der Waals surface area contributed by atoms with Gasteiger partial charge in [-0.3, -0.25) is 0 Å². The van der Waals surface area contributed by atoms with Crippen molar-refractivity contribution in [2.45, 2.75) is 152 Å². The molecule has 0 fully saturated rings. The second-order valence-electron chi connectivity index (χ2n) is 10.9. The Hall–Kier alpha value is -2.09. The highest BCUT2D eigenvalue weighted by atomic mass is 15.0. The minimum absolute atomic E-state index is 0.861. The monoisotopic (exact) mass is 553 g/mol. The fourth-order valence-electron chi connectivity index (χ4n) is 4.40. The van der Waals surface area contributed by atoms with Gasteiger partial charge >= 0.3 is 0 Å². The van der Waals surface area contributed by atoms with E-state index in [4.69, 9.17) is 4.98 Å². The molecule has 0 amide bonds. The van der Waals surface area contributed by atoms with Gasteiger partial charge in [0.15, 0.2) is 0 Å². The summed E-state index contributed by atoms with van der Waals surface area (Å²) >= 11 is 0. The molecule has 1 atom stereocenters. The zero-order valence-electron chi connectivity index (χ0n) is 28.4. The molecule has 0 saturated carbocycles. The number of anilines is 1. The molecule has 1 N–H and O–H groups in total. The zero-order valence-corrected chi connectivity index (χ0v) is 28.4. The van der Waals surface area contributed by atoms with Gasteiger partial charge in [0.1, 0.15) is 5.82 Å². The first-order valence-electron chi connectivity index (χ1n) is 16.8. The molecule has 0 saturated heterocycles. The van der Waals surface area contributed by atoms with Crippen LogP contribution >= 0.6 is 0 Å². The fraction of sp³-hybridized carbons (Fsp3) is 0.658. The average Bonchev–Trinajstić information content (AvgIpc) is 2.97. The summed E-state index contributed by atoms with van der Waals surface area (Å²) in [6.07, 6.45) is 20.0. The third kappa shape index (κ3) is 22.7. The molecule has 0 bridgehead atoms. The number of rotatable bonds is 16. The second-order valence-corrected chi connectivity index (χ2v) is 10.9. The topological polar surface area (TPSA) is 24.9 Å². The van der Waals surface area contributed by atoms with Crippen LogP contribution in [0.2, 0.25) is 0 Å². The summed E-state index contributed by atoms with van der Waals surface area (Å²) in [5.74, 6) is 1.95. The molecule has 0 aliphatic carbocycles. The van der Waals surface area contributed by atoms with Crippen LogP contribution in [0.1, 0.15) is 148 Å². The molecule has 2 rings (SSSR count). The number of unbranched alkanes of at least 4 members (excludes halogenated alkanes) is 5. The van der Waals surface area contributed by atoms with E-state index in [1.807, 2.05) is 6.92 Å². The van der Waals surface area contributed by atoms with Gasteiger partial charge in [-0.2, -0.15) is 0 Å². The van der Waals surface area contributed by atoms with Gasteiger partial charge in [-0.25, -0.2) is 4.98 Å². The van der Waals surface area contributed by atoms with Gasteiger partial charge in [-0.1, -0.05) is 141 Å². The van der Waals surface area contributed by atoms with Crippen LogP contribution in [-0.2, 0) is 19.3 Å². The Bertz CT molecular complexity index is 790. The van der Waals surface area contributed by atoms with Crippen LogP contribution in [0, 0.1) is 12.8 Å². The predicted octanol–water partition coefficient (Wildman–Crippen LogP) is 12.3. The van der Waals surface area contributed by atoms with Crippen molar-refractivity contribution >= 4 is 5.82 Å². The Morgan fingerprint density at radius 2 is 1.35 bits per heavy atom. The summed E-state index contributed by atoms with van der Waals surface area (Å²) < 4.78 is 0. The van der Waals surface area contributed by atoms with E-state index in [9.17, 15) is 0 Å². The van der Waals surface area contributed by atoms with E-state index in [1.54, 1.807) is 6.08 Å². The molecule has 0 radical (unpaired) electrons. The number of pyridine rings is 1. The van der Waals surface area contributed by atoms with Crippen molar-refractivity contribution in [3.05, 3.63) is 71.4 Å². The van der Waals surface area contributed by atoms with Gasteiger partial charge in [0.2, 0.25) is 0 Å². The van der Waals surface area contributed by atoms with Crippen molar-refractivity contribution in [3.63, 3.8) is 0 Å². The van der Waals surface area contributed by atoms with Gasteiger partial charge < -0.3 is 5.32 Å². The van der Waals surface area contributed by atoms with Crippen LogP contribution < -0.4 is 5.32 Å². The van der Waals surface area contributed by atoms with Crippen molar-refractivity contribution in [1.29, 1.82) is 0 Å². The van der Waals surface area contributed by atoms with Gasteiger partial charge in [0.25, 0.3) is 0 Å². The molecule has 2 heteroatoms. The number of benzene rings is 1. The molecule has 1 aromatic carbocycles. The predicted molar refractivity (Wildman–Crippen MR) is 185 cm³/mol. The largest absolute Gasteiger partial charge is 0.370 e. The lowest BCUT2D eigenvalue weighted by Gasteiger charge is -2.14. The van der Waals surface area contributed by atoms with E-state index in [2.05, 4.69) is 104 Å². The SMILES string of the molecule is C=CC.CCCC(CC)CCc1ccc(CC)c(NCC)n1.CCCCCCC.CCCCc1ccc(C)cc1. The first kappa shape index (κ1) is 40.1. The summed E-state index contributed by atoms with van der Waals surface area (Å²) in [7, 11) is 0. The normalized spacial score (nSPS) is 10.6. The van der Waals surface area contributed by atoms with Crippen LogP contribution in [-0.4, -0.2) is 11.5 Å². The first-order valence-corrected chi connectivity index (χ1v) is 16.8. The van der Waals surface area contributed by atoms with Crippen molar-refractivity contribution in [3.8, 4) is 0 Å². The molecular formula is C38H68N2. The van der Waals surface area contributed by atoms with E-state index in [1.165, 1.54) is 99.4 Å². The number of allylic oxidation sites excluding steroid dienone is 1. The third-order valence-corrected chi connectivity index (χ3v) is 6.99. The summed E-state index contributed by atoms with van der Waals surface area (Å²) in [5, 5.41) is 3.38. The van der Waals surface area contributed by atoms with Gasteiger partial charge in [-0.15, -0.1) is 6.58 Å². The molecular weight excluding hydrogens is 484 g/mol. The number of aryl methyl sites for hydroxylation is 4. The zero-order chi connectivity index (χ0) is 30.4. The minimum Gasteiger partial charge on any atom is -0.370 e. The molecule has 1 aromatic heterocycles. The average molecular weight is 553 g/mol. The Balaban J connectivity index is 0. The van der Waals surface area contributed by atoms with E-state index in [0.717, 1.165) is 31.1 Å². The Morgan fingerprint density at radius 1 is 0.750 bits per heavy atom. The highest BCUT2D eigenvalue weighted by Gasteiger charge is 2.08. The molecule has 1 unspecified atom stereocenters. The molecule has 230 valence electrons. The maximum absolute atomic E-state index is 4.79. The quantitative estimate of drug-likeness (QED) is 0.165. The molecule has 1 heterocycles. The third-order valence-electron chi connectivity index (χ3n) is 6.99. The van der Waals surface area contributed by atoms with Gasteiger partial charge in [-0.05, 0) is 76.0 Å². The molecule has 0 aliphatic heterocycles. The Labute approximate surface area is 251 Å². The van der Waals surface area contributed by atoms with E-state index in [-0.39, 0.29) is 0 Å². The Morgan fingerprint density at radius 3 is 1.82 bits per heavy atom. The number of hydrogen-bond acceptors (Lipinski definition) is 2. The van der Waals surface area contributed by atoms with E-state index in [0.29, 0.717) is 0 Å². The van der Waals surface area contributed by atoms with Gasteiger partial charge in [0, 0.05) is 12.2 Å². The number of nitrogens with one attached hydrogen (secondary N) is 1. The summed E-state index contributed by atoms with van der Waals surface area (Å²) in [6, 6.07) is 13.3. The fourth-order valence-corrected chi connectivity index (χ4v) is 4.40. The van der Waals surface area contributed by atoms with Crippen molar-refractivity contribution < 1.29 is 0 Å².